The summed E-state index contributed by atoms with van der Waals surface area (Å²) in [6.45, 7) is 0. The summed E-state index contributed by atoms with van der Waals surface area (Å²) in [5.74, 6) is 0. The van der Waals surface area contributed by atoms with Crippen LogP contribution in [0.15, 0.2) is 84.9 Å². The Hall–Kier alpha value is -2.38. The molecule has 19 heavy (non-hydrogen) atoms. The van der Waals surface area contributed by atoms with Gasteiger partial charge < -0.3 is 5.48 Å². The highest BCUT2D eigenvalue weighted by molar-refractivity contribution is 5.83. The van der Waals surface area contributed by atoms with Gasteiger partial charge in [0.1, 0.15) is 0 Å². The molecule has 94 valence electrons. The lowest BCUT2D eigenvalue weighted by atomic mass is 9.95. The van der Waals surface area contributed by atoms with Crippen LogP contribution >= 0.6 is 0 Å². The topological polar surface area (TPSA) is 31.5 Å². The molecule has 0 spiro atoms. The van der Waals surface area contributed by atoms with Crippen molar-refractivity contribution in [2.75, 3.05) is 0 Å². The molecule has 3 aromatic rings. The molecule has 0 aliphatic rings. The van der Waals surface area contributed by atoms with Crippen LogP contribution in [0.3, 0.4) is 0 Å². The standard InChI is InChI=1S/C18H14.H2O/c1-3-9-15(10-4-1)17-13-7-8-14-18(17)16-11-5-2-6-12-16;/h1-14H;1H2. The Morgan fingerprint density at radius 2 is 0.684 bits per heavy atom. The van der Waals surface area contributed by atoms with Gasteiger partial charge in [-0.1, -0.05) is 84.9 Å². The first kappa shape index (κ1) is 13.1. The van der Waals surface area contributed by atoms with E-state index in [2.05, 4.69) is 84.9 Å². The van der Waals surface area contributed by atoms with Crippen molar-refractivity contribution in [1.29, 1.82) is 0 Å². The maximum absolute atomic E-state index is 2.18. The van der Waals surface area contributed by atoms with Crippen LogP contribution in [-0.2, 0) is 0 Å². The summed E-state index contributed by atoms with van der Waals surface area (Å²) in [4.78, 5) is 0. The molecule has 1 heteroatoms. The Morgan fingerprint density at radius 3 is 1.05 bits per heavy atom. The molecule has 0 saturated heterocycles. The van der Waals surface area contributed by atoms with Crippen LogP contribution in [0.2, 0.25) is 0 Å². The van der Waals surface area contributed by atoms with Crippen LogP contribution < -0.4 is 0 Å². The fourth-order valence-corrected chi connectivity index (χ4v) is 2.22. The third-order valence-electron chi connectivity index (χ3n) is 3.10. The van der Waals surface area contributed by atoms with Crippen molar-refractivity contribution < 1.29 is 5.48 Å². The van der Waals surface area contributed by atoms with Crippen LogP contribution in [0, 0.1) is 0 Å². The molecule has 0 unspecified atom stereocenters. The predicted octanol–water partition coefficient (Wildman–Crippen LogP) is 4.20. The molecule has 2 N–H and O–H groups in total. The molecule has 0 radical (unpaired) electrons. The van der Waals surface area contributed by atoms with E-state index >= 15 is 0 Å². The zero-order chi connectivity index (χ0) is 12.2. The number of benzene rings is 3. The molecule has 0 fully saturated rings. The number of hydrogen-bond acceptors (Lipinski definition) is 0. The lowest BCUT2D eigenvalue weighted by Crippen LogP contribution is -1.83. The Labute approximate surface area is 113 Å². The Morgan fingerprint density at radius 1 is 0.368 bits per heavy atom. The summed E-state index contributed by atoms with van der Waals surface area (Å²) < 4.78 is 0. The van der Waals surface area contributed by atoms with Crippen molar-refractivity contribution in [3.8, 4) is 22.3 Å². The molecule has 0 aliphatic heterocycles. The Bertz CT molecular complexity index is 572. The second-order valence-electron chi connectivity index (χ2n) is 4.28. The van der Waals surface area contributed by atoms with Gasteiger partial charge >= 0.3 is 0 Å². The fourth-order valence-electron chi connectivity index (χ4n) is 2.22. The fraction of sp³-hybridized carbons (Fsp3) is 0. The molecule has 0 amide bonds. The van der Waals surface area contributed by atoms with Gasteiger partial charge in [0.05, 0.1) is 0 Å². The smallest absolute Gasteiger partial charge is 0.0105 e. The monoisotopic (exact) mass is 248 g/mol. The van der Waals surface area contributed by atoms with Crippen molar-refractivity contribution in [3.05, 3.63) is 84.9 Å². The summed E-state index contributed by atoms with van der Waals surface area (Å²) in [7, 11) is 0. The number of rotatable bonds is 2. The Kier molecular flexibility index (Phi) is 4.11. The van der Waals surface area contributed by atoms with Crippen LogP contribution in [0.25, 0.3) is 22.3 Å². The van der Waals surface area contributed by atoms with Gasteiger partial charge in [0, 0.05) is 0 Å². The number of hydrogen-bond donors (Lipinski definition) is 0. The van der Waals surface area contributed by atoms with E-state index in [4.69, 9.17) is 0 Å². The van der Waals surface area contributed by atoms with E-state index in [1.165, 1.54) is 22.3 Å². The molecule has 3 aromatic carbocycles. The van der Waals surface area contributed by atoms with E-state index in [1.807, 2.05) is 0 Å². The van der Waals surface area contributed by atoms with E-state index in [-0.39, 0.29) is 5.48 Å². The average Bonchev–Trinajstić information content (AvgIpc) is 2.49. The lowest BCUT2D eigenvalue weighted by molar-refractivity contribution is 0.824. The molecule has 0 aliphatic carbocycles. The van der Waals surface area contributed by atoms with Crippen molar-refractivity contribution in [1.82, 2.24) is 0 Å². The van der Waals surface area contributed by atoms with Crippen molar-refractivity contribution in [2.24, 2.45) is 0 Å². The van der Waals surface area contributed by atoms with Gasteiger partial charge in [0.15, 0.2) is 0 Å². The summed E-state index contributed by atoms with van der Waals surface area (Å²) in [5, 5.41) is 0. The molecule has 0 aromatic heterocycles. The minimum atomic E-state index is 0. The first-order valence-electron chi connectivity index (χ1n) is 6.15. The SMILES string of the molecule is O.c1ccc(-c2ccccc2-c2ccccc2)cc1. The maximum Gasteiger partial charge on any atom is -0.0105 e. The highest BCUT2D eigenvalue weighted by atomic mass is 16.0. The summed E-state index contributed by atoms with van der Waals surface area (Å²) in [6, 6.07) is 29.6. The first-order chi connectivity index (χ1) is 8.95. The average molecular weight is 248 g/mol. The molecular formula is C18H16O. The van der Waals surface area contributed by atoms with E-state index in [9.17, 15) is 0 Å². The van der Waals surface area contributed by atoms with Gasteiger partial charge in [-0.15, -0.1) is 0 Å². The Balaban J connectivity index is 0.00000133. The van der Waals surface area contributed by atoms with E-state index in [0.717, 1.165) is 0 Å². The lowest BCUT2D eigenvalue weighted by Gasteiger charge is -2.09. The normalized spacial score (nSPS) is 9.68. The molecule has 0 atom stereocenters. The minimum Gasteiger partial charge on any atom is -0.412 e. The summed E-state index contributed by atoms with van der Waals surface area (Å²) in [6.07, 6.45) is 0. The van der Waals surface area contributed by atoms with E-state index < -0.39 is 0 Å². The van der Waals surface area contributed by atoms with Gasteiger partial charge in [0.25, 0.3) is 0 Å². The van der Waals surface area contributed by atoms with Gasteiger partial charge in [-0.2, -0.15) is 0 Å². The quantitative estimate of drug-likeness (QED) is 0.651. The molecule has 0 saturated carbocycles. The van der Waals surface area contributed by atoms with Crippen LogP contribution in [-0.4, -0.2) is 5.48 Å². The second kappa shape index (κ2) is 5.98. The zero-order valence-electron chi connectivity index (χ0n) is 10.6. The molecular weight excluding hydrogens is 232 g/mol. The van der Waals surface area contributed by atoms with Gasteiger partial charge in [-0.3, -0.25) is 0 Å². The molecule has 3 rings (SSSR count). The third kappa shape index (κ3) is 2.72. The van der Waals surface area contributed by atoms with Crippen molar-refractivity contribution in [2.45, 2.75) is 0 Å². The first-order valence-corrected chi connectivity index (χ1v) is 6.15. The van der Waals surface area contributed by atoms with Crippen molar-refractivity contribution in [3.63, 3.8) is 0 Å². The summed E-state index contributed by atoms with van der Waals surface area (Å²) >= 11 is 0. The highest BCUT2D eigenvalue weighted by Gasteiger charge is 2.05. The molecule has 0 bridgehead atoms. The highest BCUT2D eigenvalue weighted by Crippen LogP contribution is 2.31. The molecule has 0 heterocycles. The van der Waals surface area contributed by atoms with Gasteiger partial charge in [-0.25, -0.2) is 0 Å². The second-order valence-corrected chi connectivity index (χ2v) is 4.28. The summed E-state index contributed by atoms with van der Waals surface area (Å²) in [5.41, 5.74) is 5.09. The van der Waals surface area contributed by atoms with Crippen LogP contribution in [0.1, 0.15) is 0 Å². The van der Waals surface area contributed by atoms with Gasteiger partial charge in [0.2, 0.25) is 0 Å². The predicted molar refractivity (Wildman–Crippen MR) is 80.9 cm³/mol. The van der Waals surface area contributed by atoms with Gasteiger partial charge in [-0.05, 0) is 22.3 Å². The molecule has 1 nitrogen and oxygen atoms in total. The maximum atomic E-state index is 2.18. The third-order valence-corrected chi connectivity index (χ3v) is 3.10. The van der Waals surface area contributed by atoms with Crippen LogP contribution in [0.5, 0.6) is 0 Å². The van der Waals surface area contributed by atoms with E-state index in [1.54, 1.807) is 0 Å². The van der Waals surface area contributed by atoms with E-state index in [0.29, 0.717) is 0 Å². The van der Waals surface area contributed by atoms with Crippen molar-refractivity contribution >= 4 is 0 Å². The largest absolute Gasteiger partial charge is 0.412 e. The zero-order valence-corrected chi connectivity index (χ0v) is 10.6. The minimum absolute atomic E-state index is 0. The van der Waals surface area contributed by atoms with Crippen LogP contribution in [0.4, 0.5) is 0 Å².